The number of hydrogen-bond acceptors (Lipinski definition) is 1. The van der Waals surface area contributed by atoms with Crippen LogP contribution < -0.4 is 11.1 Å². The molecule has 0 fully saturated rings. The lowest BCUT2D eigenvalue weighted by Crippen LogP contribution is -2.18. The Kier molecular flexibility index (Phi) is 4.56. The second-order valence-electron chi connectivity index (χ2n) is 3.90. The van der Waals surface area contributed by atoms with E-state index in [0.29, 0.717) is 5.11 Å². The molecule has 0 aromatic heterocycles. The smallest absolute Gasteiger partial charge is 0.168 e. The van der Waals surface area contributed by atoms with E-state index in [1.807, 2.05) is 12.1 Å². The average Bonchev–Trinajstić information content (AvgIpc) is 2.20. The quantitative estimate of drug-likeness (QED) is 0.773. The number of benzene rings is 1. The SMILES string of the molecule is CCC(C)Cc1ccc(NC(N)=S)cc1.[HH].[HH]. The maximum absolute atomic E-state index is 5.39. The second-order valence-corrected chi connectivity index (χ2v) is 4.34. The third-order valence-corrected chi connectivity index (χ3v) is 2.60. The van der Waals surface area contributed by atoms with Crippen LogP contribution in [0.1, 0.15) is 28.7 Å². The Hall–Kier alpha value is -1.09. The van der Waals surface area contributed by atoms with E-state index in [1.165, 1.54) is 12.0 Å². The molecule has 0 saturated heterocycles. The van der Waals surface area contributed by atoms with E-state index < -0.39 is 0 Å². The van der Waals surface area contributed by atoms with Gasteiger partial charge in [-0.3, -0.25) is 0 Å². The van der Waals surface area contributed by atoms with Gasteiger partial charge in [-0.05, 0) is 42.3 Å². The summed E-state index contributed by atoms with van der Waals surface area (Å²) in [6.07, 6.45) is 2.34. The largest absolute Gasteiger partial charge is 0.376 e. The fourth-order valence-electron chi connectivity index (χ4n) is 1.41. The molecule has 0 heterocycles. The topological polar surface area (TPSA) is 38.0 Å². The van der Waals surface area contributed by atoms with Gasteiger partial charge >= 0.3 is 0 Å². The molecule has 1 atom stereocenters. The molecule has 0 aliphatic heterocycles. The molecule has 86 valence electrons. The molecule has 15 heavy (non-hydrogen) atoms. The van der Waals surface area contributed by atoms with Crippen LogP contribution in [0.3, 0.4) is 0 Å². The highest BCUT2D eigenvalue weighted by atomic mass is 32.1. The zero-order chi connectivity index (χ0) is 11.3. The van der Waals surface area contributed by atoms with Crippen LogP contribution in [-0.2, 0) is 6.42 Å². The Balaban J connectivity index is 0. The highest BCUT2D eigenvalue weighted by molar-refractivity contribution is 7.80. The van der Waals surface area contributed by atoms with Crippen molar-refractivity contribution in [1.82, 2.24) is 0 Å². The van der Waals surface area contributed by atoms with Crippen LogP contribution in [0, 0.1) is 5.92 Å². The minimum Gasteiger partial charge on any atom is -0.376 e. The minimum atomic E-state index is 0. The van der Waals surface area contributed by atoms with Crippen LogP contribution in [-0.4, -0.2) is 5.11 Å². The van der Waals surface area contributed by atoms with Gasteiger partial charge in [0.2, 0.25) is 0 Å². The maximum Gasteiger partial charge on any atom is 0.168 e. The van der Waals surface area contributed by atoms with Gasteiger partial charge in [0, 0.05) is 8.54 Å². The van der Waals surface area contributed by atoms with E-state index in [9.17, 15) is 0 Å². The van der Waals surface area contributed by atoms with Crippen molar-refractivity contribution in [3.05, 3.63) is 29.8 Å². The monoisotopic (exact) mass is 226 g/mol. The number of rotatable bonds is 4. The van der Waals surface area contributed by atoms with Crippen molar-refractivity contribution in [1.29, 1.82) is 0 Å². The van der Waals surface area contributed by atoms with Crippen LogP contribution in [0.4, 0.5) is 5.69 Å². The van der Waals surface area contributed by atoms with Crippen LogP contribution in [0.25, 0.3) is 0 Å². The predicted molar refractivity (Wildman–Crippen MR) is 74.2 cm³/mol. The first-order valence-electron chi connectivity index (χ1n) is 5.27. The summed E-state index contributed by atoms with van der Waals surface area (Å²) >= 11 is 4.77. The van der Waals surface area contributed by atoms with Crippen molar-refractivity contribution in [2.24, 2.45) is 11.7 Å². The van der Waals surface area contributed by atoms with E-state index in [4.69, 9.17) is 18.0 Å². The van der Waals surface area contributed by atoms with Crippen molar-refractivity contribution in [3.8, 4) is 0 Å². The van der Waals surface area contributed by atoms with Gasteiger partial charge in [0.15, 0.2) is 5.11 Å². The lowest BCUT2D eigenvalue weighted by atomic mass is 9.99. The predicted octanol–water partition coefficient (Wildman–Crippen LogP) is 3.42. The Morgan fingerprint density at radius 3 is 2.53 bits per heavy atom. The van der Waals surface area contributed by atoms with E-state index >= 15 is 0 Å². The first-order chi connectivity index (χ1) is 7.11. The Morgan fingerprint density at radius 2 is 2.07 bits per heavy atom. The highest BCUT2D eigenvalue weighted by Crippen LogP contribution is 2.14. The van der Waals surface area contributed by atoms with Gasteiger partial charge in [-0.1, -0.05) is 32.4 Å². The normalized spacial score (nSPS) is 12.1. The molecule has 3 N–H and O–H groups in total. The lowest BCUT2D eigenvalue weighted by Gasteiger charge is -2.09. The number of hydrogen-bond donors (Lipinski definition) is 2. The van der Waals surface area contributed by atoms with Crippen LogP contribution in [0.15, 0.2) is 24.3 Å². The summed E-state index contributed by atoms with van der Waals surface area (Å²) in [4.78, 5) is 0. The molecular formula is C12H22N2S. The third kappa shape index (κ3) is 4.30. The van der Waals surface area contributed by atoms with Crippen LogP contribution in [0.2, 0.25) is 0 Å². The Labute approximate surface area is 99.8 Å². The number of thiocarbonyl (C=S) groups is 1. The minimum absolute atomic E-state index is 0. The second kappa shape index (κ2) is 5.71. The van der Waals surface area contributed by atoms with Gasteiger partial charge in [0.1, 0.15) is 0 Å². The van der Waals surface area contributed by atoms with E-state index in [-0.39, 0.29) is 2.85 Å². The van der Waals surface area contributed by atoms with Gasteiger partial charge in [-0.15, -0.1) is 0 Å². The molecule has 1 rings (SSSR count). The third-order valence-electron chi connectivity index (χ3n) is 2.50. The molecule has 0 aliphatic rings. The van der Waals surface area contributed by atoms with E-state index in [0.717, 1.165) is 18.0 Å². The van der Waals surface area contributed by atoms with Gasteiger partial charge in [0.05, 0.1) is 0 Å². The first-order valence-corrected chi connectivity index (χ1v) is 5.68. The summed E-state index contributed by atoms with van der Waals surface area (Å²) < 4.78 is 0. The molecular weight excluding hydrogens is 204 g/mol. The molecule has 1 aromatic carbocycles. The van der Waals surface area contributed by atoms with E-state index in [2.05, 4.69) is 31.3 Å². The summed E-state index contributed by atoms with van der Waals surface area (Å²) in [6, 6.07) is 8.26. The van der Waals surface area contributed by atoms with E-state index in [1.54, 1.807) is 0 Å². The fraction of sp³-hybridized carbons (Fsp3) is 0.417. The van der Waals surface area contributed by atoms with Crippen molar-refractivity contribution in [2.45, 2.75) is 26.7 Å². The Bertz CT molecular complexity index is 328. The maximum atomic E-state index is 5.39. The zero-order valence-corrected chi connectivity index (χ0v) is 10.1. The van der Waals surface area contributed by atoms with Crippen molar-refractivity contribution < 1.29 is 2.85 Å². The van der Waals surface area contributed by atoms with Crippen LogP contribution in [0.5, 0.6) is 0 Å². The molecule has 1 aromatic rings. The molecule has 2 nitrogen and oxygen atoms in total. The average molecular weight is 226 g/mol. The summed E-state index contributed by atoms with van der Waals surface area (Å²) in [6.45, 7) is 4.48. The summed E-state index contributed by atoms with van der Waals surface area (Å²) in [7, 11) is 0. The fourth-order valence-corrected chi connectivity index (χ4v) is 1.53. The first kappa shape index (κ1) is 12.0. The zero-order valence-electron chi connectivity index (χ0n) is 9.29. The van der Waals surface area contributed by atoms with Gasteiger partial charge < -0.3 is 11.1 Å². The Morgan fingerprint density at radius 1 is 1.47 bits per heavy atom. The number of nitrogens with one attached hydrogen (secondary N) is 1. The van der Waals surface area contributed by atoms with Crippen molar-refractivity contribution >= 4 is 23.0 Å². The number of anilines is 1. The summed E-state index contributed by atoms with van der Waals surface area (Å²) in [5.74, 6) is 0.736. The van der Waals surface area contributed by atoms with Crippen molar-refractivity contribution in [3.63, 3.8) is 0 Å². The summed E-state index contributed by atoms with van der Waals surface area (Å²) in [5.41, 5.74) is 7.70. The molecule has 0 aliphatic carbocycles. The molecule has 0 saturated carbocycles. The van der Waals surface area contributed by atoms with Gasteiger partial charge in [-0.2, -0.15) is 0 Å². The summed E-state index contributed by atoms with van der Waals surface area (Å²) in [5, 5.41) is 3.22. The number of nitrogens with two attached hydrogens (primary N) is 1. The molecule has 3 heteroatoms. The van der Waals surface area contributed by atoms with Gasteiger partial charge in [-0.25, -0.2) is 0 Å². The molecule has 0 bridgehead atoms. The molecule has 0 radical (unpaired) electrons. The van der Waals surface area contributed by atoms with Crippen molar-refractivity contribution in [2.75, 3.05) is 5.32 Å². The molecule has 1 unspecified atom stereocenters. The van der Waals surface area contributed by atoms with Gasteiger partial charge in [0.25, 0.3) is 0 Å². The molecule has 0 amide bonds. The van der Waals surface area contributed by atoms with Crippen LogP contribution >= 0.6 is 12.2 Å². The standard InChI is InChI=1S/C12H18N2S.2H2/c1-3-9(2)8-10-4-6-11(7-5-10)14-12(13)15;;/h4-7,9H,3,8H2,1-2H3,(H3,13,14,15);2*1H. The highest BCUT2D eigenvalue weighted by Gasteiger charge is 2.01. The lowest BCUT2D eigenvalue weighted by molar-refractivity contribution is 0.560. The molecule has 0 spiro atoms.